The van der Waals surface area contributed by atoms with Gasteiger partial charge >= 0.3 is 0 Å². The average molecular weight is 344 g/mol. The number of nitrogens with zero attached hydrogens (tertiary/aromatic N) is 2. The molecule has 2 N–H and O–H groups in total. The molecule has 0 atom stereocenters. The van der Waals surface area contributed by atoms with Crippen LogP contribution in [0, 0.1) is 6.92 Å². The number of aryl methyl sites for hydroxylation is 1. The fourth-order valence-corrected chi connectivity index (χ4v) is 2.86. The minimum absolute atomic E-state index is 0.539. The van der Waals surface area contributed by atoms with Gasteiger partial charge in [0.2, 0.25) is 0 Å². The predicted octanol–water partition coefficient (Wildman–Crippen LogP) is 4.90. The third-order valence-corrected chi connectivity index (χ3v) is 4.11. The van der Waals surface area contributed by atoms with Gasteiger partial charge in [0, 0.05) is 11.4 Å². The lowest BCUT2D eigenvalue weighted by atomic mass is 10.2. The Hall–Kier alpha value is -3.05. The molecule has 0 spiro atoms. The van der Waals surface area contributed by atoms with E-state index in [2.05, 4.69) is 27.5 Å². The lowest BCUT2D eigenvalue weighted by Crippen LogP contribution is -2.19. The molecule has 0 radical (unpaired) electrons. The second-order valence-corrected chi connectivity index (χ2v) is 6.27. The fraction of sp³-hybridized carbons (Fsp3) is 0.0500. The summed E-state index contributed by atoms with van der Waals surface area (Å²) in [5.74, 6) is 0. The van der Waals surface area contributed by atoms with Gasteiger partial charge in [-0.1, -0.05) is 29.8 Å². The SMILES string of the molecule is Cc1ccc(NC(=S)Nc2ccc3nc4ccccc4nc3c2)cc1. The standard InChI is InChI=1S/C20H16N4S/c1-13-6-8-14(9-7-13)21-20(25)22-15-10-11-18-19(12-15)24-17-5-3-2-4-16(17)23-18/h2-12H,1H3,(H2,21,22,25). The number of fused-ring (bicyclic) bond motifs is 2. The minimum atomic E-state index is 0.539. The third-order valence-electron chi connectivity index (χ3n) is 3.91. The predicted molar refractivity (Wildman–Crippen MR) is 108 cm³/mol. The van der Waals surface area contributed by atoms with Crippen LogP contribution in [0.2, 0.25) is 0 Å². The molecule has 0 fully saturated rings. The first-order valence-corrected chi connectivity index (χ1v) is 8.39. The van der Waals surface area contributed by atoms with E-state index in [-0.39, 0.29) is 0 Å². The van der Waals surface area contributed by atoms with Crippen molar-refractivity contribution in [3.05, 3.63) is 72.3 Å². The van der Waals surface area contributed by atoms with Crippen LogP contribution < -0.4 is 10.6 Å². The van der Waals surface area contributed by atoms with Crippen molar-refractivity contribution in [2.75, 3.05) is 10.6 Å². The molecule has 0 bridgehead atoms. The molecule has 0 saturated carbocycles. The van der Waals surface area contributed by atoms with Gasteiger partial charge in [-0.15, -0.1) is 0 Å². The van der Waals surface area contributed by atoms with Crippen LogP contribution in [0.15, 0.2) is 66.7 Å². The molecule has 4 rings (SSSR count). The van der Waals surface area contributed by atoms with Crippen LogP contribution >= 0.6 is 12.2 Å². The monoisotopic (exact) mass is 344 g/mol. The Morgan fingerprint density at radius 2 is 1.28 bits per heavy atom. The zero-order valence-corrected chi connectivity index (χ0v) is 14.5. The highest BCUT2D eigenvalue weighted by atomic mass is 32.1. The Labute approximate surface area is 150 Å². The van der Waals surface area contributed by atoms with E-state index in [1.165, 1.54) is 5.56 Å². The molecule has 0 unspecified atom stereocenters. The zero-order valence-electron chi connectivity index (χ0n) is 13.7. The minimum Gasteiger partial charge on any atom is -0.332 e. The summed E-state index contributed by atoms with van der Waals surface area (Å²) in [5.41, 5.74) is 6.52. The molecule has 25 heavy (non-hydrogen) atoms. The van der Waals surface area contributed by atoms with Crippen LogP contribution in [0.25, 0.3) is 22.1 Å². The molecular formula is C20H16N4S. The lowest BCUT2D eigenvalue weighted by molar-refractivity contribution is 1.39. The van der Waals surface area contributed by atoms with Crippen LogP contribution in [0.3, 0.4) is 0 Å². The van der Waals surface area contributed by atoms with E-state index < -0.39 is 0 Å². The van der Waals surface area contributed by atoms with Crippen molar-refractivity contribution in [3.63, 3.8) is 0 Å². The number of nitrogens with one attached hydrogen (secondary N) is 2. The van der Waals surface area contributed by atoms with Crippen LogP contribution in [0.4, 0.5) is 11.4 Å². The van der Waals surface area contributed by atoms with E-state index in [0.717, 1.165) is 33.4 Å². The molecule has 0 aliphatic carbocycles. The molecule has 122 valence electrons. The van der Waals surface area contributed by atoms with Gasteiger partial charge in [0.15, 0.2) is 5.11 Å². The second-order valence-electron chi connectivity index (χ2n) is 5.86. The summed E-state index contributed by atoms with van der Waals surface area (Å²) in [5, 5.41) is 6.92. The number of hydrogen-bond donors (Lipinski definition) is 2. The molecule has 0 aliphatic heterocycles. The summed E-state index contributed by atoms with van der Waals surface area (Å²) in [6, 6.07) is 21.8. The molecule has 4 nitrogen and oxygen atoms in total. The molecule has 0 aliphatic rings. The molecule has 3 aromatic carbocycles. The van der Waals surface area contributed by atoms with Gasteiger partial charge in [-0.2, -0.15) is 0 Å². The number of hydrogen-bond acceptors (Lipinski definition) is 3. The number of thiocarbonyl (C=S) groups is 1. The molecular weight excluding hydrogens is 328 g/mol. The zero-order chi connectivity index (χ0) is 17.2. The molecule has 1 heterocycles. The number of para-hydroxylation sites is 2. The first-order chi connectivity index (χ1) is 12.2. The van der Waals surface area contributed by atoms with Crippen LogP contribution in [-0.2, 0) is 0 Å². The van der Waals surface area contributed by atoms with Crippen LogP contribution in [0.1, 0.15) is 5.56 Å². The maximum atomic E-state index is 5.39. The van der Waals surface area contributed by atoms with Crippen molar-refractivity contribution < 1.29 is 0 Å². The highest BCUT2D eigenvalue weighted by molar-refractivity contribution is 7.80. The number of anilines is 2. The van der Waals surface area contributed by atoms with Crippen LogP contribution in [0.5, 0.6) is 0 Å². The summed E-state index contributed by atoms with van der Waals surface area (Å²) in [4.78, 5) is 9.31. The van der Waals surface area contributed by atoms with Gasteiger partial charge in [0.1, 0.15) is 0 Å². The van der Waals surface area contributed by atoms with Crippen molar-refractivity contribution in [3.8, 4) is 0 Å². The number of rotatable bonds is 2. The smallest absolute Gasteiger partial charge is 0.175 e. The van der Waals surface area contributed by atoms with Gasteiger partial charge in [-0.3, -0.25) is 0 Å². The Bertz CT molecular complexity index is 1070. The second kappa shape index (κ2) is 6.45. The molecule has 4 aromatic rings. The van der Waals surface area contributed by atoms with E-state index >= 15 is 0 Å². The maximum Gasteiger partial charge on any atom is 0.175 e. The topological polar surface area (TPSA) is 49.8 Å². The highest BCUT2D eigenvalue weighted by Crippen LogP contribution is 2.20. The van der Waals surface area contributed by atoms with Gasteiger partial charge in [0.05, 0.1) is 22.1 Å². The van der Waals surface area contributed by atoms with E-state index in [1.807, 2.05) is 66.7 Å². The van der Waals surface area contributed by atoms with E-state index in [4.69, 9.17) is 12.2 Å². The number of benzene rings is 3. The summed E-state index contributed by atoms with van der Waals surface area (Å²) in [7, 11) is 0. The Morgan fingerprint density at radius 3 is 2.00 bits per heavy atom. The number of aromatic nitrogens is 2. The molecule has 1 aromatic heterocycles. The first kappa shape index (κ1) is 15.5. The molecule has 0 saturated heterocycles. The normalized spacial score (nSPS) is 10.8. The molecule has 5 heteroatoms. The Balaban J connectivity index is 1.57. The average Bonchev–Trinajstić information content (AvgIpc) is 2.62. The van der Waals surface area contributed by atoms with Crippen molar-refractivity contribution in [1.29, 1.82) is 0 Å². The van der Waals surface area contributed by atoms with Crippen molar-refractivity contribution in [1.82, 2.24) is 9.97 Å². The van der Waals surface area contributed by atoms with E-state index in [0.29, 0.717) is 5.11 Å². The largest absolute Gasteiger partial charge is 0.332 e. The van der Waals surface area contributed by atoms with Crippen molar-refractivity contribution in [2.45, 2.75) is 6.92 Å². The van der Waals surface area contributed by atoms with Gasteiger partial charge < -0.3 is 10.6 Å². The first-order valence-electron chi connectivity index (χ1n) is 7.99. The summed E-state index contributed by atoms with van der Waals surface area (Å²) in [6.07, 6.45) is 0. The maximum absolute atomic E-state index is 5.39. The molecule has 0 amide bonds. The summed E-state index contributed by atoms with van der Waals surface area (Å²) >= 11 is 5.39. The fourth-order valence-electron chi connectivity index (χ4n) is 2.63. The Morgan fingerprint density at radius 1 is 0.720 bits per heavy atom. The van der Waals surface area contributed by atoms with Crippen molar-refractivity contribution >= 4 is 50.8 Å². The van der Waals surface area contributed by atoms with Crippen LogP contribution in [-0.4, -0.2) is 15.1 Å². The lowest BCUT2D eigenvalue weighted by Gasteiger charge is -2.11. The Kier molecular flexibility index (Phi) is 3.99. The van der Waals surface area contributed by atoms with Gasteiger partial charge in [-0.25, -0.2) is 9.97 Å². The van der Waals surface area contributed by atoms with Gasteiger partial charge in [-0.05, 0) is 61.6 Å². The van der Waals surface area contributed by atoms with Crippen molar-refractivity contribution in [2.24, 2.45) is 0 Å². The third kappa shape index (κ3) is 3.41. The highest BCUT2D eigenvalue weighted by Gasteiger charge is 2.04. The summed E-state index contributed by atoms with van der Waals surface area (Å²) < 4.78 is 0. The van der Waals surface area contributed by atoms with E-state index in [9.17, 15) is 0 Å². The van der Waals surface area contributed by atoms with E-state index in [1.54, 1.807) is 0 Å². The van der Waals surface area contributed by atoms with Gasteiger partial charge in [0.25, 0.3) is 0 Å². The summed E-state index contributed by atoms with van der Waals surface area (Å²) in [6.45, 7) is 2.06. The quantitative estimate of drug-likeness (QED) is 0.400.